The van der Waals surface area contributed by atoms with Crippen LogP contribution in [0.3, 0.4) is 0 Å². The maximum atomic E-state index is 3.22. The summed E-state index contributed by atoms with van der Waals surface area (Å²) >= 11 is 0. The van der Waals surface area contributed by atoms with Crippen LogP contribution in [-0.2, 0) is 0 Å². The standard InChI is InChI=1S/C14H30N2/c1-4-6-13-7-9-14(10-8-13)16(3)12-5-11-15-2/h13-15H,4-12H2,1-3H3. The molecule has 0 radical (unpaired) electrons. The summed E-state index contributed by atoms with van der Waals surface area (Å²) < 4.78 is 0. The molecule has 1 N–H and O–H groups in total. The van der Waals surface area contributed by atoms with E-state index in [1.165, 1.54) is 51.5 Å². The molecule has 1 saturated carbocycles. The molecule has 0 amide bonds. The topological polar surface area (TPSA) is 15.3 Å². The molecule has 1 rings (SSSR count). The van der Waals surface area contributed by atoms with Crippen LogP contribution in [0.25, 0.3) is 0 Å². The van der Waals surface area contributed by atoms with Gasteiger partial charge in [-0.05, 0) is 65.2 Å². The molecule has 0 aromatic heterocycles. The Labute approximate surface area is 102 Å². The summed E-state index contributed by atoms with van der Waals surface area (Å²) in [5.41, 5.74) is 0. The molecule has 1 aliphatic carbocycles. The van der Waals surface area contributed by atoms with Crippen LogP contribution in [0.2, 0.25) is 0 Å². The molecule has 0 aromatic carbocycles. The third kappa shape index (κ3) is 4.84. The van der Waals surface area contributed by atoms with Gasteiger partial charge in [0, 0.05) is 6.04 Å². The van der Waals surface area contributed by atoms with Crippen LogP contribution in [0.15, 0.2) is 0 Å². The smallest absolute Gasteiger partial charge is 0.00924 e. The minimum atomic E-state index is 0.866. The van der Waals surface area contributed by atoms with Gasteiger partial charge in [-0.1, -0.05) is 19.8 Å². The lowest BCUT2D eigenvalue weighted by molar-refractivity contribution is 0.160. The van der Waals surface area contributed by atoms with Gasteiger partial charge in [-0.15, -0.1) is 0 Å². The predicted octanol–water partition coefficient (Wildman–Crippen LogP) is 2.89. The number of hydrogen-bond acceptors (Lipinski definition) is 2. The van der Waals surface area contributed by atoms with Crippen LogP contribution >= 0.6 is 0 Å². The summed E-state index contributed by atoms with van der Waals surface area (Å²) in [5.74, 6) is 1.03. The summed E-state index contributed by atoms with van der Waals surface area (Å²) in [6.07, 6.45) is 9.90. The highest BCUT2D eigenvalue weighted by molar-refractivity contribution is 4.78. The third-order valence-corrected chi connectivity index (χ3v) is 4.07. The highest BCUT2D eigenvalue weighted by Crippen LogP contribution is 2.29. The molecule has 0 aromatic rings. The van der Waals surface area contributed by atoms with Gasteiger partial charge in [0.1, 0.15) is 0 Å². The monoisotopic (exact) mass is 226 g/mol. The zero-order chi connectivity index (χ0) is 11.8. The van der Waals surface area contributed by atoms with Crippen molar-refractivity contribution in [3.63, 3.8) is 0 Å². The fourth-order valence-electron chi connectivity index (χ4n) is 2.97. The van der Waals surface area contributed by atoms with Crippen molar-refractivity contribution in [2.45, 2.75) is 57.9 Å². The van der Waals surface area contributed by atoms with Gasteiger partial charge < -0.3 is 10.2 Å². The van der Waals surface area contributed by atoms with E-state index in [0.717, 1.165) is 18.5 Å². The molecule has 0 spiro atoms. The summed E-state index contributed by atoms with van der Waals surface area (Å²) in [6, 6.07) is 0.866. The molecular weight excluding hydrogens is 196 g/mol. The van der Waals surface area contributed by atoms with Gasteiger partial charge in [0.15, 0.2) is 0 Å². The Morgan fingerprint density at radius 2 is 1.88 bits per heavy atom. The first kappa shape index (κ1) is 14.0. The zero-order valence-electron chi connectivity index (χ0n) is 11.5. The second kappa shape index (κ2) is 8.08. The Balaban J connectivity index is 2.14. The van der Waals surface area contributed by atoms with Crippen molar-refractivity contribution in [1.29, 1.82) is 0 Å². The molecular formula is C14H30N2. The Bertz CT molecular complexity index is 162. The Kier molecular flexibility index (Phi) is 7.06. The molecule has 2 nitrogen and oxygen atoms in total. The largest absolute Gasteiger partial charge is 0.320 e. The van der Waals surface area contributed by atoms with Gasteiger partial charge in [0.25, 0.3) is 0 Å². The van der Waals surface area contributed by atoms with E-state index < -0.39 is 0 Å². The molecule has 0 unspecified atom stereocenters. The highest BCUT2D eigenvalue weighted by Gasteiger charge is 2.22. The first-order valence-corrected chi connectivity index (χ1v) is 7.12. The molecule has 1 fully saturated rings. The highest BCUT2D eigenvalue weighted by atomic mass is 15.1. The van der Waals surface area contributed by atoms with Gasteiger partial charge in [-0.25, -0.2) is 0 Å². The fourth-order valence-corrected chi connectivity index (χ4v) is 2.97. The third-order valence-electron chi connectivity index (χ3n) is 4.07. The second-order valence-corrected chi connectivity index (χ2v) is 5.40. The van der Waals surface area contributed by atoms with Crippen LogP contribution < -0.4 is 5.32 Å². The first-order chi connectivity index (χ1) is 7.77. The van der Waals surface area contributed by atoms with E-state index in [1.807, 2.05) is 7.05 Å². The van der Waals surface area contributed by atoms with E-state index in [9.17, 15) is 0 Å². The van der Waals surface area contributed by atoms with Crippen molar-refractivity contribution < 1.29 is 0 Å². The van der Waals surface area contributed by atoms with Crippen LogP contribution in [0.1, 0.15) is 51.9 Å². The van der Waals surface area contributed by atoms with Crippen LogP contribution in [0, 0.1) is 5.92 Å². The molecule has 0 bridgehead atoms. The Hall–Kier alpha value is -0.0800. The number of hydrogen-bond donors (Lipinski definition) is 1. The lowest BCUT2D eigenvalue weighted by Crippen LogP contribution is -2.36. The van der Waals surface area contributed by atoms with E-state index in [0.29, 0.717) is 0 Å². The van der Waals surface area contributed by atoms with Gasteiger partial charge in [0.2, 0.25) is 0 Å². The van der Waals surface area contributed by atoms with Crippen molar-refractivity contribution >= 4 is 0 Å². The minimum Gasteiger partial charge on any atom is -0.320 e. The Morgan fingerprint density at radius 3 is 2.44 bits per heavy atom. The lowest BCUT2D eigenvalue weighted by Gasteiger charge is -2.34. The Morgan fingerprint density at radius 1 is 1.19 bits per heavy atom. The number of nitrogens with zero attached hydrogens (tertiary/aromatic N) is 1. The van der Waals surface area contributed by atoms with Gasteiger partial charge in [-0.3, -0.25) is 0 Å². The summed E-state index contributed by atoms with van der Waals surface area (Å²) in [5, 5.41) is 3.22. The van der Waals surface area contributed by atoms with Crippen LogP contribution in [-0.4, -0.2) is 38.1 Å². The number of nitrogens with one attached hydrogen (secondary N) is 1. The number of rotatable bonds is 7. The summed E-state index contributed by atoms with van der Waals surface area (Å²) in [7, 11) is 4.34. The van der Waals surface area contributed by atoms with Crippen LogP contribution in [0.4, 0.5) is 0 Å². The molecule has 2 heteroatoms. The van der Waals surface area contributed by atoms with Gasteiger partial charge >= 0.3 is 0 Å². The maximum absolute atomic E-state index is 3.22. The molecule has 1 aliphatic rings. The van der Waals surface area contributed by atoms with Gasteiger partial charge in [-0.2, -0.15) is 0 Å². The lowest BCUT2D eigenvalue weighted by atomic mass is 9.83. The van der Waals surface area contributed by atoms with E-state index in [4.69, 9.17) is 0 Å². The van der Waals surface area contributed by atoms with Crippen molar-refractivity contribution in [3.8, 4) is 0 Å². The van der Waals surface area contributed by atoms with Gasteiger partial charge in [0.05, 0.1) is 0 Å². The van der Waals surface area contributed by atoms with E-state index in [-0.39, 0.29) is 0 Å². The average Bonchev–Trinajstić information content (AvgIpc) is 2.30. The summed E-state index contributed by atoms with van der Waals surface area (Å²) in [6.45, 7) is 4.72. The normalized spacial score (nSPS) is 26.2. The molecule has 0 aliphatic heterocycles. The zero-order valence-corrected chi connectivity index (χ0v) is 11.5. The minimum absolute atomic E-state index is 0.866. The maximum Gasteiger partial charge on any atom is 0.00924 e. The average molecular weight is 226 g/mol. The van der Waals surface area contributed by atoms with Crippen molar-refractivity contribution in [2.24, 2.45) is 5.92 Å². The first-order valence-electron chi connectivity index (χ1n) is 7.12. The molecule has 96 valence electrons. The summed E-state index contributed by atoms with van der Waals surface area (Å²) in [4.78, 5) is 2.58. The second-order valence-electron chi connectivity index (χ2n) is 5.40. The fraction of sp³-hybridized carbons (Fsp3) is 1.00. The van der Waals surface area contributed by atoms with Crippen molar-refractivity contribution in [1.82, 2.24) is 10.2 Å². The SMILES string of the molecule is CCCC1CCC(N(C)CCCNC)CC1. The van der Waals surface area contributed by atoms with Crippen molar-refractivity contribution in [2.75, 3.05) is 27.2 Å². The quantitative estimate of drug-likeness (QED) is 0.672. The predicted molar refractivity (Wildman–Crippen MR) is 71.8 cm³/mol. The van der Waals surface area contributed by atoms with E-state index >= 15 is 0 Å². The van der Waals surface area contributed by atoms with Crippen molar-refractivity contribution in [3.05, 3.63) is 0 Å². The molecule has 0 saturated heterocycles. The van der Waals surface area contributed by atoms with E-state index in [2.05, 4.69) is 24.2 Å². The molecule has 0 atom stereocenters. The van der Waals surface area contributed by atoms with E-state index in [1.54, 1.807) is 0 Å². The molecule has 16 heavy (non-hydrogen) atoms. The molecule has 0 heterocycles. The van der Waals surface area contributed by atoms with Crippen LogP contribution in [0.5, 0.6) is 0 Å².